The van der Waals surface area contributed by atoms with Crippen LogP contribution in [0.15, 0.2) is 0 Å². The Morgan fingerprint density at radius 2 is 1.43 bits per heavy atom. The van der Waals surface area contributed by atoms with Crippen molar-refractivity contribution in [2.24, 2.45) is 0 Å². The SMILES string of the molecule is O=COC1O[C@@H](O[C@@H]2C(CO)OC(CO)[C@@H]2O)C(O)[C@@H](O)[C@@H]1O. The molecule has 9 atom stereocenters. The second-order valence-corrected chi connectivity index (χ2v) is 5.25. The predicted octanol–water partition coefficient (Wildman–Crippen LogP) is -4.58. The van der Waals surface area contributed by atoms with Gasteiger partial charge in [-0.25, -0.2) is 0 Å². The van der Waals surface area contributed by atoms with Crippen molar-refractivity contribution < 1.29 is 54.4 Å². The lowest BCUT2D eigenvalue weighted by atomic mass is 10.0. The third-order valence-corrected chi connectivity index (χ3v) is 3.80. The van der Waals surface area contributed by atoms with Gasteiger partial charge in [0.15, 0.2) is 6.29 Å². The minimum atomic E-state index is -1.74. The van der Waals surface area contributed by atoms with Crippen LogP contribution in [0.25, 0.3) is 0 Å². The summed E-state index contributed by atoms with van der Waals surface area (Å²) in [6, 6.07) is 0. The van der Waals surface area contributed by atoms with E-state index in [9.17, 15) is 30.3 Å². The van der Waals surface area contributed by atoms with E-state index in [-0.39, 0.29) is 6.47 Å². The number of aliphatic hydroxyl groups is 6. The summed E-state index contributed by atoms with van der Waals surface area (Å²) in [7, 11) is 0. The summed E-state index contributed by atoms with van der Waals surface area (Å²) in [5.41, 5.74) is 0. The molecule has 0 aromatic heterocycles. The summed E-state index contributed by atoms with van der Waals surface area (Å²) in [6.45, 7) is -1.08. The van der Waals surface area contributed by atoms with Gasteiger partial charge in [-0.15, -0.1) is 0 Å². The minimum Gasteiger partial charge on any atom is -0.435 e. The summed E-state index contributed by atoms with van der Waals surface area (Å²) in [4.78, 5) is 10.4. The van der Waals surface area contributed by atoms with Crippen molar-refractivity contribution in [1.82, 2.24) is 0 Å². The van der Waals surface area contributed by atoms with Gasteiger partial charge in [-0.3, -0.25) is 4.79 Å². The molecule has 134 valence electrons. The highest BCUT2D eigenvalue weighted by atomic mass is 16.8. The molecular formula is C12H20O11. The first kappa shape index (κ1) is 18.4. The lowest BCUT2D eigenvalue weighted by Gasteiger charge is -2.40. The Morgan fingerprint density at radius 3 is 2.00 bits per heavy atom. The Labute approximate surface area is 130 Å². The summed E-state index contributed by atoms with van der Waals surface area (Å²) < 4.78 is 20.0. The van der Waals surface area contributed by atoms with E-state index in [0.717, 1.165) is 0 Å². The zero-order valence-electron chi connectivity index (χ0n) is 11.9. The quantitative estimate of drug-likeness (QED) is 0.257. The second-order valence-electron chi connectivity index (χ2n) is 5.25. The van der Waals surface area contributed by atoms with Crippen molar-refractivity contribution in [2.45, 2.75) is 55.3 Å². The summed E-state index contributed by atoms with van der Waals surface area (Å²) in [5, 5.41) is 57.6. The van der Waals surface area contributed by atoms with Crippen LogP contribution in [-0.4, -0.2) is 106 Å². The maximum Gasteiger partial charge on any atom is 0.295 e. The van der Waals surface area contributed by atoms with Crippen LogP contribution >= 0.6 is 0 Å². The summed E-state index contributed by atoms with van der Waals surface area (Å²) in [5.74, 6) is 0. The van der Waals surface area contributed by atoms with Gasteiger partial charge in [0.2, 0.25) is 6.29 Å². The van der Waals surface area contributed by atoms with Crippen LogP contribution < -0.4 is 0 Å². The fourth-order valence-corrected chi connectivity index (χ4v) is 2.53. The first-order valence-electron chi connectivity index (χ1n) is 6.94. The van der Waals surface area contributed by atoms with Gasteiger partial charge in [0, 0.05) is 0 Å². The third kappa shape index (κ3) is 3.63. The zero-order valence-corrected chi connectivity index (χ0v) is 11.9. The van der Waals surface area contributed by atoms with Crippen LogP contribution in [-0.2, 0) is 23.7 Å². The highest BCUT2D eigenvalue weighted by Gasteiger charge is 2.50. The van der Waals surface area contributed by atoms with E-state index >= 15 is 0 Å². The first-order chi connectivity index (χ1) is 10.9. The molecule has 23 heavy (non-hydrogen) atoms. The minimum absolute atomic E-state index is 0.0127. The van der Waals surface area contributed by atoms with Gasteiger partial charge in [0.1, 0.15) is 42.7 Å². The highest BCUT2D eigenvalue weighted by molar-refractivity contribution is 5.37. The van der Waals surface area contributed by atoms with E-state index in [1.165, 1.54) is 0 Å². The zero-order chi connectivity index (χ0) is 17.1. The van der Waals surface area contributed by atoms with Crippen molar-refractivity contribution in [3.63, 3.8) is 0 Å². The molecule has 0 aliphatic carbocycles. The van der Waals surface area contributed by atoms with Crippen LogP contribution in [0.4, 0.5) is 0 Å². The Morgan fingerprint density at radius 1 is 0.826 bits per heavy atom. The molecule has 6 N–H and O–H groups in total. The Hall–Kier alpha value is -0.890. The van der Waals surface area contributed by atoms with E-state index in [0.29, 0.717) is 0 Å². The fourth-order valence-electron chi connectivity index (χ4n) is 2.53. The topological polar surface area (TPSA) is 175 Å². The fraction of sp³-hybridized carbons (Fsp3) is 0.917. The Bertz CT molecular complexity index is 391. The largest absolute Gasteiger partial charge is 0.435 e. The molecule has 0 aromatic rings. The van der Waals surface area contributed by atoms with Crippen LogP contribution in [0.2, 0.25) is 0 Å². The third-order valence-electron chi connectivity index (χ3n) is 3.80. The molecule has 0 saturated carbocycles. The number of aliphatic hydroxyl groups excluding tert-OH is 6. The van der Waals surface area contributed by atoms with Crippen molar-refractivity contribution in [2.75, 3.05) is 13.2 Å². The maximum atomic E-state index is 10.4. The number of rotatable bonds is 6. The van der Waals surface area contributed by atoms with Crippen LogP contribution in [0.3, 0.4) is 0 Å². The smallest absolute Gasteiger partial charge is 0.295 e. The molecule has 0 aromatic carbocycles. The molecule has 2 heterocycles. The molecule has 2 aliphatic heterocycles. The van der Waals surface area contributed by atoms with Gasteiger partial charge in [0.25, 0.3) is 6.47 Å². The molecule has 11 heteroatoms. The molecule has 4 unspecified atom stereocenters. The predicted molar refractivity (Wildman–Crippen MR) is 67.5 cm³/mol. The van der Waals surface area contributed by atoms with E-state index < -0.39 is 68.5 Å². The summed E-state index contributed by atoms with van der Waals surface area (Å²) in [6.07, 6.45) is -12.8. The van der Waals surface area contributed by atoms with Crippen molar-refractivity contribution >= 4 is 6.47 Å². The molecule has 2 fully saturated rings. The lowest BCUT2D eigenvalue weighted by molar-refractivity contribution is -0.352. The molecule has 0 spiro atoms. The van der Waals surface area contributed by atoms with E-state index in [1.54, 1.807) is 0 Å². The first-order valence-corrected chi connectivity index (χ1v) is 6.94. The average molecular weight is 340 g/mol. The Kier molecular flexibility index (Phi) is 6.25. The van der Waals surface area contributed by atoms with E-state index in [1.807, 2.05) is 0 Å². The van der Waals surface area contributed by atoms with Crippen LogP contribution in [0.5, 0.6) is 0 Å². The molecule has 0 radical (unpaired) electrons. The number of carbonyl (C=O) groups excluding carboxylic acids is 1. The normalized spacial score (nSPS) is 47.5. The average Bonchev–Trinajstić information content (AvgIpc) is 2.85. The van der Waals surface area contributed by atoms with E-state index in [4.69, 9.17) is 19.3 Å². The van der Waals surface area contributed by atoms with Gasteiger partial charge in [-0.2, -0.15) is 0 Å². The molecular weight excluding hydrogens is 320 g/mol. The molecule has 0 amide bonds. The van der Waals surface area contributed by atoms with Crippen molar-refractivity contribution in [1.29, 1.82) is 0 Å². The molecule has 11 nitrogen and oxygen atoms in total. The van der Waals surface area contributed by atoms with Gasteiger partial charge in [0.05, 0.1) is 13.2 Å². The van der Waals surface area contributed by atoms with Gasteiger partial charge in [-0.1, -0.05) is 0 Å². The number of ether oxygens (including phenoxy) is 4. The number of hydrogen-bond acceptors (Lipinski definition) is 11. The summed E-state index contributed by atoms with van der Waals surface area (Å²) >= 11 is 0. The number of hydrogen-bond donors (Lipinski definition) is 6. The van der Waals surface area contributed by atoms with Gasteiger partial charge >= 0.3 is 0 Å². The van der Waals surface area contributed by atoms with Crippen LogP contribution in [0.1, 0.15) is 0 Å². The van der Waals surface area contributed by atoms with Gasteiger partial charge in [-0.05, 0) is 0 Å². The monoisotopic (exact) mass is 340 g/mol. The van der Waals surface area contributed by atoms with Crippen molar-refractivity contribution in [3.8, 4) is 0 Å². The molecule has 0 bridgehead atoms. The lowest BCUT2D eigenvalue weighted by Crippen LogP contribution is -2.60. The molecule has 2 aliphatic rings. The van der Waals surface area contributed by atoms with Crippen LogP contribution in [0, 0.1) is 0 Å². The van der Waals surface area contributed by atoms with E-state index in [2.05, 4.69) is 4.74 Å². The highest BCUT2D eigenvalue weighted by Crippen LogP contribution is 2.29. The standard InChI is InChI=1S/C12H20O11/c13-1-4-6(16)10(5(2-14)21-4)22-12-9(19)7(17)8(18)11(23-12)20-3-15/h3-14,16-19H,1-2H2/t4?,5?,6-,7-,8-,9?,10+,11?,12+/m0/s1. The maximum absolute atomic E-state index is 10.4. The molecule has 2 rings (SSSR count). The second kappa shape index (κ2) is 7.79. The number of carbonyl (C=O) groups is 1. The van der Waals surface area contributed by atoms with Crippen molar-refractivity contribution in [3.05, 3.63) is 0 Å². The molecule has 2 saturated heterocycles. The Balaban J connectivity index is 2.09. The van der Waals surface area contributed by atoms with Gasteiger partial charge < -0.3 is 49.6 Å².